The van der Waals surface area contributed by atoms with Gasteiger partial charge in [0.05, 0.1) is 12.2 Å². The highest BCUT2D eigenvalue weighted by molar-refractivity contribution is 14.0. The second kappa shape index (κ2) is 11.7. The lowest BCUT2D eigenvalue weighted by Crippen LogP contribution is -2.36. The molecule has 0 saturated carbocycles. The van der Waals surface area contributed by atoms with E-state index in [1.165, 1.54) is 0 Å². The summed E-state index contributed by atoms with van der Waals surface area (Å²) >= 11 is 1.64. The first kappa shape index (κ1) is 23.8. The Kier molecular flexibility index (Phi) is 9.25. The summed E-state index contributed by atoms with van der Waals surface area (Å²) in [5.41, 5.74) is 3.85. The molecule has 158 valence electrons. The van der Waals surface area contributed by atoms with Crippen molar-refractivity contribution in [3.8, 4) is 10.6 Å². The highest BCUT2D eigenvalue weighted by Gasteiger charge is 2.08. The molecule has 0 spiro atoms. The zero-order valence-electron chi connectivity index (χ0n) is 17.3. The molecule has 0 aliphatic heterocycles. The first-order valence-electron chi connectivity index (χ1n) is 9.31. The third kappa shape index (κ3) is 6.53. The van der Waals surface area contributed by atoms with Crippen molar-refractivity contribution < 1.29 is 4.79 Å². The number of carbonyl (C=O) groups is 1. The summed E-state index contributed by atoms with van der Waals surface area (Å²) in [6, 6.07) is 17.7. The number of hydrogen-bond acceptors (Lipinski definition) is 4. The second-order valence-electron chi connectivity index (χ2n) is 6.69. The third-order valence-electron chi connectivity index (χ3n) is 4.30. The van der Waals surface area contributed by atoms with Gasteiger partial charge in [0.25, 0.3) is 5.91 Å². The normalized spacial score (nSPS) is 10.8. The Hall–Kier alpha value is -2.46. The van der Waals surface area contributed by atoms with Gasteiger partial charge in [-0.2, -0.15) is 0 Å². The van der Waals surface area contributed by atoms with Gasteiger partial charge in [0.15, 0.2) is 5.96 Å². The summed E-state index contributed by atoms with van der Waals surface area (Å²) in [5, 5.41) is 9.64. The predicted octanol–water partition coefficient (Wildman–Crippen LogP) is 4.00. The van der Waals surface area contributed by atoms with Crippen LogP contribution < -0.4 is 10.6 Å². The smallest absolute Gasteiger partial charge is 0.253 e. The number of aliphatic imine (C=N–C) groups is 1. The Balaban J connectivity index is 0.00000320. The minimum absolute atomic E-state index is 0. The van der Waals surface area contributed by atoms with E-state index in [1.54, 1.807) is 37.4 Å². The van der Waals surface area contributed by atoms with E-state index in [0.29, 0.717) is 24.6 Å². The quantitative estimate of drug-likeness (QED) is 0.285. The van der Waals surface area contributed by atoms with E-state index < -0.39 is 0 Å². The number of nitrogens with zero attached hydrogens (tertiary/aromatic N) is 3. The number of benzene rings is 2. The van der Waals surface area contributed by atoms with Gasteiger partial charge in [-0.25, -0.2) is 4.98 Å². The van der Waals surface area contributed by atoms with E-state index in [1.807, 2.05) is 42.5 Å². The summed E-state index contributed by atoms with van der Waals surface area (Å²) in [4.78, 5) is 22.5. The fourth-order valence-corrected chi connectivity index (χ4v) is 3.53. The maximum Gasteiger partial charge on any atom is 0.253 e. The summed E-state index contributed by atoms with van der Waals surface area (Å²) in [5.74, 6) is 0.702. The maximum absolute atomic E-state index is 12.0. The molecule has 2 aromatic carbocycles. The first-order chi connectivity index (χ1) is 14.1. The lowest BCUT2D eigenvalue weighted by Gasteiger charge is -2.12. The van der Waals surface area contributed by atoms with Gasteiger partial charge < -0.3 is 15.5 Å². The van der Waals surface area contributed by atoms with Crippen LogP contribution in [0.25, 0.3) is 10.6 Å². The minimum Gasteiger partial charge on any atom is -0.352 e. The van der Waals surface area contributed by atoms with Crippen molar-refractivity contribution in [1.29, 1.82) is 0 Å². The Morgan fingerprint density at radius 1 is 1.03 bits per heavy atom. The highest BCUT2D eigenvalue weighted by Crippen LogP contribution is 2.23. The fraction of sp³-hybridized carbons (Fsp3) is 0.227. The van der Waals surface area contributed by atoms with Gasteiger partial charge >= 0.3 is 0 Å². The molecule has 0 aliphatic carbocycles. The van der Waals surface area contributed by atoms with Crippen LogP contribution in [0.1, 0.15) is 21.6 Å². The standard InChI is InChI=1S/C22H25N5OS.HI/c1-23-22(24-13-16-9-11-18(12-10-16)21(28)27(2)3)25-14-19-15-29-20(26-19)17-7-5-4-6-8-17;/h4-12,15H,13-14H2,1-3H3,(H2,23,24,25);1H. The molecule has 0 fully saturated rings. The number of nitrogens with one attached hydrogen (secondary N) is 2. The van der Waals surface area contributed by atoms with Crippen LogP contribution in [0, 0.1) is 0 Å². The maximum atomic E-state index is 12.0. The van der Waals surface area contributed by atoms with Crippen molar-refractivity contribution in [3.05, 3.63) is 76.8 Å². The van der Waals surface area contributed by atoms with Gasteiger partial charge in [0.1, 0.15) is 5.01 Å². The lowest BCUT2D eigenvalue weighted by atomic mass is 10.1. The van der Waals surface area contributed by atoms with Crippen LogP contribution in [-0.4, -0.2) is 42.9 Å². The van der Waals surface area contributed by atoms with E-state index in [-0.39, 0.29) is 29.9 Å². The Morgan fingerprint density at radius 3 is 2.33 bits per heavy atom. The molecule has 0 unspecified atom stereocenters. The number of aromatic nitrogens is 1. The zero-order chi connectivity index (χ0) is 20.6. The summed E-state index contributed by atoms with van der Waals surface area (Å²) in [6.45, 7) is 1.21. The fourth-order valence-electron chi connectivity index (χ4n) is 2.71. The molecule has 30 heavy (non-hydrogen) atoms. The molecule has 0 bridgehead atoms. The minimum atomic E-state index is 0. The van der Waals surface area contributed by atoms with Gasteiger partial charge in [0.2, 0.25) is 0 Å². The van der Waals surface area contributed by atoms with Crippen LogP contribution in [0.2, 0.25) is 0 Å². The average molecular weight is 535 g/mol. The number of carbonyl (C=O) groups excluding carboxylic acids is 1. The van der Waals surface area contributed by atoms with Crippen LogP contribution in [0.3, 0.4) is 0 Å². The number of guanidine groups is 1. The van der Waals surface area contributed by atoms with Crippen molar-refractivity contribution in [1.82, 2.24) is 20.5 Å². The molecule has 3 aromatic rings. The summed E-state index contributed by atoms with van der Waals surface area (Å²) in [6.07, 6.45) is 0. The zero-order valence-corrected chi connectivity index (χ0v) is 20.4. The van der Waals surface area contributed by atoms with Gasteiger partial charge in [0, 0.05) is 44.2 Å². The van der Waals surface area contributed by atoms with Crippen molar-refractivity contribution in [2.45, 2.75) is 13.1 Å². The topological polar surface area (TPSA) is 69.6 Å². The molecule has 1 heterocycles. The third-order valence-corrected chi connectivity index (χ3v) is 5.24. The van der Waals surface area contributed by atoms with E-state index >= 15 is 0 Å². The molecule has 6 nitrogen and oxygen atoms in total. The van der Waals surface area contributed by atoms with Crippen molar-refractivity contribution in [2.75, 3.05) is 21.1 Å². The van der Waals surface area contributed by atoms with Crippen LogP contribution in [-0.2, 0) is 13.1 Å². The van der Waals surface area contributed by atoms with E-state index in [4.69, 9.17) is 0 Å². The SMILES string of the molecule is CN=C(NCc1ccc(C(=O)N(C)C)cc1)NCc1csc(-c2ccccc2)n1.I. The van der Waals surface area contributed by atoms with Gasteiger partial charge in [-0.3, -0.25) is 9.79 Å². The van der Waals surface area contributed by atoms with Crippen LogP contribution >= 0.6 is 35.3 Å². The summed E-state index contributed by atoms with van der Waals surface area (Å²) < 4.78 is 0. The number of rotatable bonds is 6. The molecular formula is C22H26IN5OS. The number of hydrogen-bond donors (Lipinski definition) is 2. The first-order valence-corrected chi connectivity index (χ1v) is 10.2. The Bertz CT molecular complexity index is 971. The molecule has 1 amide bonds. The molecule has 3 rings (SSSR count). The second-order valence-corrected chi connectivity index (χ2v) is 7.54. The summed E-state index contributed by atoms with van der Waals surface area (Å²) in [7, 11) is 5.24. The molecular weight excluding hydrogens is 509 g/mol. The number of thiazole rings is 1. The number of amides is 1. The van der Waals surface area contributed by atoms with E-state index in [0.717, 1.165) is 21.8 Å². The number of halogens is 1. The largest absolute Gasteiger partial charge is 0.352 e. The van der Waals surface area contributed by atoms with Crippen LogP contribution in [0.5, 0.6) is 0 Å². The van der Waals surface area contributed by atoms with E-state index in [9.17, 15) is 4.79 Å². The molecule has 0 aliphatic rings. The Labute approximate surface area is 198 Å². The molecule has 8 heteroatoms. The molecule has 0 radical (unpaired) electrons. The molecule has 0 saturated heterocycles. The monoisotopic (exact) mass is 535 g/mol. The van der Waals surface area contributed by atoms with Crippen molar-refractivity contribution in [3.63, 3.8) is 0 Å². The molecule has 0 atom stereocenters. The predicted molar refractivity (Wildman–Crippen MR) is 134 cm³/mol. The highest BCUT2D eigenvalue weighted by atomic mass is 127. The lowest BCUT2D eigenvalue weighted by molar-refractivity contribution is 0.0827. The molecule has 1 aromatic heterocycles. The van der Waals surface area contributed by atoms with Crippen molar-refractivity contribution >= 4 is 47.2 Å². The van der Waals surface area contributed by atoms with Gasteiger partial charge in [-0.05, 0) is 17.7 Å². The Morgan fingerprint density at radius 2 is 1.70 bits per heavy atom. The van der Waals surface area contributed by atoms with Crippen LogP contribution in [0.4, 0.5) is 0 Å². The van der Waals surface area contributed by atoms with Crippen molar-refractivity contribution in [2.24, 2.45) is 4.99 Å². The van der Waals surface area contributed by atoms with Gasteiger partial charge in [-0.1, -0.05) is 42.5 Å². The van der Waals surface area contributed by atoms with Gasteiger partial charge in [-0.15, -0.1) is 35.3 Å². The van der Waals surface area contributed by atoms with Crippen LogP contribution in [0.15, 0.2) is 65.0 Å². The molecule has 2 N–H and O–H groups in total. The van der Waals surface area contributed by atoms with E-state index in [2.05, 4.69) is 38.1 Å². The average Bonchev–Trinajstić information content (AvgIpc) is 3.23.